The average molecular weight is 281 g/mol. The third-order valence-electron chi connectivity index (χ3n) is 2.88. The number of benzene rings is 2. The van der Waals surface area contributed by atoms with E-state index in [1.165, 1.54) is 6.92 Å². The largest absolute Gasteiger partial charge is 0.461 e. The maximum atomic E-state index is 12.1. The monoisotopic (exact) mass is 281 g/mol. The van der Waals surface area contributed by atoms with Crippen molar-refractivity contribution in [2.45, 2.75) is 19.1 Å². The molecule has 0 spiro atoms. The fourth-order valence-electron chi connectivity index (χ4n) is 1.70. The summed E-state index contributed by atoms with van der Waals surface area (Å²) in [6.07, 6.45) is 0. The van der Waals surface area contributed by atoms with Gasteiger partial charge in [-0.2, -0.15) is 5.26 Å². The van der Waals surface area contributed by atoms with Crippen LogP contribution in [0.5, 0.6) is 5.75 Å². The van der Waals surface area contributed by atoms with E-state index >= 15 is 0 Å². The fourth-order valence-corrected chi connectivity index (χ4v) is 1.70. The number of esters is 1. The predicted molar refractivity (Wildman–Crippen MR) is 77.3 cm³/mol. The Hall–Kier alpha value is -2.80. The van der Waals surface area contributed by atoms with Gasteiger partial charge in [-0.05, 0) is 17.7 Å². The lowest BCUT2D eigenvalue weighted by molar-refractivity contribution is -0.157. The fraction of sp³-hybridized carbons (Fsp3) is 0.176. The number of ether oxygens (including phenoxy) is 2. The van der Waals surface area contributed by atoms with E-state index in [0.29, 0.717) is 5.75 Å². The molecule has 1 unspecified atom stereocenters. The Balaban J connectivity index is 2.02. The first-order valence-electron chi connectivity index (χ1n) is 6.50. The molecular weight excluding hydrogens is 266 g/mol. The first-order valence-corrected chi connectivity index (χ1v) is 6.50. The van der Waals surface area contributed by atoms with Crippen LogP contribution in [0.15, 0.2) is 60.7 Å². The first kappa shape index (κ1) is 14.6. The van der Waals surface area contributed by atoms with E-state index in [4.69, 9.17) is 9.47 Å². The van der Waals surface area contributed by atoms with Crippen molar-refractivity contribution in [2.24, 2.45) is 0 Å². The van der Waals surface area contributed by atoms with Crippen LogP contribution in [0.2, 0.25) is 0 Å². The highest BCUT2D eigenvalue weighted by atomic mass is 16.6. The SMILES string of the molecule is CC(C#N)(Oc1ccccc1)C(=O)OCc1ccccc1. The topological polar surface area (TPSA) is 59.3 Å². The molecule has 0 fully saturated rings. The van der Waals surface area contributed by atoms with E-state index in [1.807, 2.05) is 42.5 Å². The van der Waals surface area contributed by atoms with Crippen LogP contribution in [0, 0.1) is 11.3 Å². The van der Waals surface area contributed by atoms with Gasteiger partial charge in [-0.3, -0.25) is 0 Å². The summed E-state index contributed by atoms with van der Waals surface area (Å²) >= 11 is 0. The molecule has 0 N–H and O–H groups in total. The molecule has 1 atom stereocenters. The van der Waals surface area contributed by atoms with Crippen molar-refractivity contribution in [2.75, 3.05) is 0 Å². The molecule has 2 aromatic carbocycles. The highest BCUT2D eigenvalue weighted by molar-refractivity contribution is 5.83. The zero-order chi connectivity index (χ0) is 15.1. The molecule has 0 bridgehead atoms. The zero-order valence-electron chi connectivity index (χ0n) is 11.7. The Morgan fingerprint density at radius 2 is 1.67 bits per heavy atom. The van der Waals surface area contributed by atoms with Crippen molar-refractivity contribution in [1.29, 1.82) is 5.26 Å². The summed E-state index contributed by atoms with van der Waals surface area (Å²) in [7, 11) is 0. The molecule has 0 aliphatic carbocycles. The van der Waals surface area contributed by atoms with Gasteiger partial charge >= 0.3 is 5.97 Å². The maximum absolute atomic E-state index is 12.1. The van der Waals surface area contributed by atoms with Crippen LogP contribution >= 0.6 is 0 Å². The summed E-state index contributed by atoms with van der Waals surface area (Å²) < 4.78 is 10.6. The molecular formula is C17H15NO3. The number of rotatable bonds is 5. The van der Waals surface area contributed by atoms with Crippen molar-refractivity contribution in [1.82, 2.24) is 0 Å². The molecule has 0 aliphatic heterocycles. The summed E-state index contributed by atoms with van der Waals surface area (Å²) in [5.41, 5.74) is -0.818. The van der Waals surface area contributed by atoms with Crippen LogP contribution in [0.4, 0.5) is 0 Å². The second-order valence-electron chi connectivity index (χ2n) is 4.62. The van der Waals surface area contributed by atoms with Crippen molar-refractivity contribution in [3.8, 4) is 11.8 Å². The number of carbonyl (C=O) groups excluding carboxylic acids is 1. The number of nitrogens with zero attached hydrogens (tertiary/aromatic N) is 1. The summed E-state index contributed by atoms with van der Waals surface area (Å²) in [6.45, 7) is 1.50. The van der Waals surface area contributed by atoms with Gasteiger partial charge in [0, 0.05) is 6.92 Å². The molecule has 0 saturated carbocycles. The quantitative estimate of drug-likeness (QED) is 0.790. The minimum absolute atomic E-state index is 0.106. The van der Waals surface area contributed by atoms with Crippen LogP contribution in [0.25, 0.3) is 0 Å². The molecule has 0 aliphatic rings. The van der Waals surface area contributed by atoms with E-state index in [2.05, 4.69) is 0 Å². The molecule has 106 valence electrons. The van der Waals surface area contributed by atoms with Crippen molar-refractivity contribution in [3.05, 3.63) is 66.2 Å². The molecule has 0 amide bonds. The lowest BCUT2D eigenvalue weighted by Gasteiger charge is -2.21. The zero-order valence-corrected chi connectivity index (χ0v) is 11.7. The highest BCUT2D eigenvalue weighted by Gasteiger charge is 2.38. The standard InChI is InChI=1S/C17H15NO3/c1-17(13-18,21-15-10-6-3-7-11-15)16(19)20-12-14-8-4-2-5-9-14/h2-11H,12H2,1H3. The second-order valence-corrected chi connectivity index (χ2v) is 4.62. The van der Waals surface area contributed by atoms with Gasteiger partial charge in [0.25, 0.3) is 5.60 Å². The average Bonchev–Trinajstić information content (AvgIpc) is 2.54. The van der Waals surface area contributed by atoms with Crippen molar-refractivity contribution >= 4 is 5.97 Å². The summed E-state index contributed by atoms with van der Waals surface area (Å²) in [5, 5.41) is 9.24. The Morgan fingerprint density at radius 1 is 1.10 bits per heavy atom. The second kappa shape index (κ2) is 6.58. The number of nitriles is 1. The van der Waals surface area contributed by atoms with Gasteiger partial charge in [-0.25, -0.2) is 4.79 Å². The Morgan fingerprint density at radius 3 is 2.24 bits per heavy atom. The maximum Gasteiger partial charge on any atom is 0.365 e. The third kappa shape index (κ3) is 3.83. The molecule has 0 aromatic heterocycles. The lowest BCUT2D eigenvalue weighted by atomic mass is 10.1. The Bertz CT molecular complexity index is 634. The molecule has 0 radical (unpaired) electrons. The van der Waals surface area contributed by atoms with Crippen LogP contribution < -0.4 is 4.74 Å². The third-order valence-corrected chi connectivity index (χ3v) is 2.88. The van der Waals surface area contributed by atoms with Gasteiger partial charge in [0.2, 0.25) is 0 Å². The van der Waals surface area contributed by atoms with Gasteiger partial charge < -0.3 is 9.47 Å². The van der Waals surface area contributed by atoms with Gasteiger partial charge in [0.05, 0.1) is 0 Å². The smallest absolute Gasteiger partial charge is 0.365 e. The van der Waals surface area contributed by atoms with E-state index in [0.717, 1.165) is 5.56 Å². The molecule has 4 heteroatoms. The Kier molecular flexibility index (Phi) is 4.57. The van der Waals surface area contributed by atoms with Crippen molar-refractivity contribution in [3.63, 3.8) is 0 Å². The minimum Gasteiger partial charge on any atom is -0.461 e. The number of carbonyl (C=O) groups is 1. The molecule has 2 rings (SSSR count). The molecule has 0 heterocycles. The highest BCUT2D eigenvalue weighted by Crippen LogP contribution is 2.19. The van der Waals surface area contributed by atoms with E-state index in [9.17, 15) is 10.1 Å². The van der Waals surface area contributed by atoms with Gasteiger partial charge in [-0.15, -0.1) is 0 Å². The summed E-state index contributed by atoms with van der Waals surface area (Å²) in [6, 6.07) is 19.9. The molecule has 0 saturated heterocycles. The van der Waals surface area contributed by atoms with Gasteiger partial charge in [0.1, 0.15) is 18.4 Å². The van der Waals surface area contributed by atoms with E-state index < -0.39 is 11.6 Å². The normalized spacial score (nSPS) is 12.8. The van der Waals surface area contributed by atoms with Gasteiger partial charge in [0.15, 0.2) is 0 Å². The van der Waals surface area contributed by atoms with Crippen LogP contribution in [0.3, 0.4) is 0 Å². The Labute approximate surface area is 123 Å². The molecule has 4 nitrogen and oxygen atoms in total. The number of para-hydroxylation sites is 1. The van der Waals surface area contributed by atoms with Crippen LogP contribution in [-0.2, 0) is 16.1 Å². The molecule has 2 aromatic rings. The van der Waals surface area contributed by atoms with Gasteiger partial charge in [-0.1, -0.05) is 48.5 Å². The number of hydrogen-bond acceptors (Lipinski definition) is 4. The van der Waals surface area contributed by atoms with Crippen molar-refractivity contribution < 1.29 is 14.3 Å². The molecule has 21 heavy (non-hydrogen) atoms. The summed E-state index contributed by atoms with van der Waals surface area (Å²) in [4.78, 5) is 12.1. The van der Waals surface area contributed by atoms with Crippen LogP contribution in [-0.4, -0.2) is 11.6 Å². The summed E-state index contributed by atoms with van der Waals surface area (Å²) in [5.74, 6) is -0.268. The van der Waals surface area contributed by atoms with Crippen LogP contribution in [0.1, 0.15) is 12.5 Å². The predicted octanol–water partition coefficient (Wildman–Crippen LogP) is 3.09. The first-order chi connectivity index (χ1) is 10.1. The number of hydrogen-bond donors (Lipinski definition) is 0. The lowest BCUT2D eigenvalue weighted by Crippen LogP contribution is -2.41. The van der Waals surface area contributed by atoms with E-state index in [-0.39, 0.29) is 6.61 Å². The van der Waals surface area contributed by atoms with E-state index in [1.54, 1.807) is 24.3 Å². The minimum atomic E-state index is -1.67.